The van der Waals surface area contributed by atoms with Gasteiger partial charge in [0.05, 0.1) is 20.3 Å². The molecule has 2 aromatic rings. The van der Waals surface area contributed by atoms with Gasteiger partial charge >= 0.3 is 12.2 Å². The standard InChI is InChI=1S/C39H51N5O9/c1-23(2)33(41-38(50)52-5)36(48)43-19-7-9-29(43)32(46)22-25-11-15-27(16-12-25)31(45)21-26-13-17-28(18-14-26)40-35(47)30-10-8-20-44(30)37(49)34(24(3)4)42-39(51)53-6/h11-18,23-24,29-30,33-34H,7-10,19-22H2,1-6H3,(H,40,47)(H,41,50)(H,42,51)/t29-,30-,33-,34-/m0/s1. The molecule has 2 fully saturated rings. The van der Waals surface area contributed by atoms with Crippen molar-refractivity contribution in [2.45, 2.75) is 90.4 Å². The highest BCUT2D eigenvalue weighted by Crippen LogP contribution is 2.24. The molecular weight excluding hydrogens is 682 g/mol. The van der Waals surface area contributed by atoms with Crippen LogP contribution in [0.1, 0.15) is 74.9 Å². The second-order valence-corrected chi connectivity index (χ2v) is 14.2. The molecule has 5 amide bonds. The average Bonchev–Trinajstić information content (AvgIpc) is 3.84. The van der Waals surface area contributed by atoms with E-state index in [1.165, 1.54) is 19.1 Å². The number of Topliss-reactive ketones (excluding diaryl/α,β-unsaturated/α-hetero) is 2. The van der Waals surface area contributed by atoms with E-state index in [1.807, 2.05) is 27.7 Å². The van der Waals surface area contributed by atoms with E-state index in [-0.39, 0.29) is 54.0 Å². The van der Waals surface area contributed by atoms with Crippen molar-refractivity contribution < 1.29 is 43.0 Å². The van der Waals surface area contributed by atoms with Gasteiger partial charge in [-0.1, -0.05) is 64.1 Å². The van der Waals surface area contributed by atoms with Crippen LogP contribution >= 0.6 is 0 Å². The summed E-state index contributed by atoms with van der Waals surface area (Å²) >= 11 is 0. The van der Waals surface area contributed by atoms with Crippen LogP contribution in [0.25, 0.3) is 0 Å². The monoisotopic (exact) mass is 733 g/mol. The molecule has 2 saturated heterocycles. The van der Waals surface area contributed by atoms with E-state index in [4.69, 9.17) is 0 Å². The number of methoxy groups -OCH3 is 2. The molecule has 53 heavy (non-hydrogen) atoms. The fraction of sp³-hybridized carbons (Fsp3) is 0.513. The molecule has 3 N–H and O–H groups in total. The van der Waals surface area contributed by atoms with E-state index in [0.717, 1.165) is 11.1 Å². The molecule has 4 atom stereocenters. The normalized spacial score (nSPS) is 18.0. The maximum absolute atomic E-state index is 13.3. The maximum Gasteiger partial charge on any atom is 0.407 e. The minimum absolute atomic E-state index is 0.0995. The second-order valence-electron chi connectivity index (χ2n) is 14.2. The molecule has 0 unspecified atom stereocenters. The van der Waals surface area contributed by atoms with Gasteiger partial charge in [-0.05, 0) is 60.8 Å². The van der Waals surface area contributed by atoms with Crippen LogP contribution in [0, 0.1) is 11.8 Å². The van der Waals surface area contributed by atoms with Crippen molar-refractivity contribution in [1.29, 1.82) is 0 Å². The van der Waals surface area contributed by atoms with Crippen LogP contribution in [-0.2, 0) is 41.5 Å². The first-order valence-corrected chi connectivity index (χ1v) is 18.1. The number of carbonyl (C=O) groups is 7. The molecule has 286 valence electrons. The van der Waals surface area contributed by atoms with E-state index >= 15 is 0 Å². The highest BCUT2D eigenvalue weighted by molar-refractivity contribution is 6.00. The Morgan fingerprint density at radius 1 is 0.660 bits per heavy atom. The molecule has 0 radical (unpaired) electrons. The SMILES string of the molecule is COC(=O)N[C@H](C(=O)N1CCC[C@H]1C(=O)Cc1ccc(C(=O)Cc2ccc(NC(=O)[C@@H]3CCCN3C(=O)[C@@H](NC(=O)OC)C(C)C)cc2)cc1)C(C)C. The summed E-state index contributed by atoms with van der Waals surface area (Å²) in [6, 6.07) is 10.9. The Hall–Kier alpha value is -5.27. The van der Waals surface area contributed by atoms with Crippen molar-refractivity contribution in [3.05, 3.63) is 65.2 Å². The zero-order chi connectivity index (χ0) is 38.8. The van der Waals surface area contributed by atoms with Gasteiger partial charge in [-0.15, -0.1) is 0 Å². The third-order valence-corrected chi connectivity index (χ3v) is 9.77. The van der Waals surface area contributed by atoms with E-state index in [9.17, 15) is 33.6 Å². The largest absolute Gasteiger partial charge is 0.453 e. The summed E-state index contributed by atoms with van der Waals surface area (Å²) in [6.07, 6.45) is 1.18. The second kappa shape index (κ2) is 18.5. The lowest BCUT2D eigenvalue weighted by Crippen LogP contribution is -2.54. The molecule has 0 aliphatic carbocycles. The predicted octanol–water partition coefficient (Wildman–Crippen LogP) is 3.91. The fourth-order valence-electron chi connectivity index (χ4n) is 6.77. The number of ketones is 2. The number of benzene rings is 2. The summed E-state index contributed by atoms with van der Waals surface area (Å²) in [5.41, 5.74) is 2.47. The molecule has 4 rings (SSSR count). The Bertz CT molecular complexity index is 1660. The maximum atomic E-state index is 13.3. The molecule has 2 aliphatic heterocycles. The zero-order valence-electron chi connectivity index (χ0n) is 31.3. The number of anilines is 1. The lowest BCUT2D eigenvalue weighted by Gasteiger charge is -2.30. The number of hydrogen-bond acceptors (Lipinski definition) is 9. The van der Waals surface area contributed by atoms with Gasteiger partial charge in [0.1, 0.15) is 18.1 Å². The summed E-state index contributed by atoms with van der Waals surface area (Å²) in [7, 11) is 2.46. The molecule has 0 bridgehead atoms. The third-order valence-electron chi connectivity index (χ3n) is 9.77. The Balaban J connectivity index is 1.31. The lowest BCUT2D eigenvalue weighted by molar-refractivity contribution is -0.139. The zero-order valence-corrected chi connectivity index (χ0v) is 31.3. The number of likely N-dealkylation sites (tertiary alicyclic amines) is 2. The van der Waals surface area contributed by atoms with Crippen molar-refractivity contribution in [3.63, 3.8) is 0 Å². The lowest BCUT2D eigenvalue weighted by atomic mass is 9.97. The van der Waals surface area contributed by atoms with Crippen LogP contribution in [-0.4, -0.2) is 103 Å². The summed E-state index contributed by atoms with van der Waals surface area (Å²) < 4.78 is 9.34. The van der Waals surface area contributed by atoms with Gasteiger partial charge in [0.25, 0.3) is 0 Å². The number of hydrogen-bond donors (Lipinski definition) is 3. The average molecular weight is 734 g/mol. The van der Waals surface area contributed by atoms with Crippen molar-refractivity contribution in [2.24, 2.45) is 11.8 Å². The van der Waals surface area contributed by atoms with Gasteiger partial charge in [0.15, 0.2) is 11.6 Å². The highest BCUT2D eigenvalue weighted by Gasteiger charge is 2.40. The Kier molecular flexibility index (Phi) is 14.1. The van der Waals surface area contributed by atoms with Gasteiger partial charge in [-0.3, -0.25) is 24.0 Å². The molecule has 0 saturated carbocycles. The van der Waals surface area contributed by atoms with Crippen molar-refractivity contribution in [1.82, 2.24) is 20.4 Å². The summed E-state index contributed by atoms with van der Waals surface area (Å²) in [4.78, 5) is 93.0. The molecule has 0 aromatic heterocycles. The van der Waals surface area contributed by atoms with E-state index in [0.29, 0.717) is 50.0 Å². The van der Waals surface area contributed by atoms with Crippen LogP contribution in [0.15, 0.2) is 48.5 Å². The summed E-state index contributed by atoms with van der Waals surface area (Å²) in [6.45, 7) is 8.08. The van der Waals surface area contributed by atoms with Gasteiger partial charge in [0, 0.05) is 37.2 Å². The summed E-state index contributed by atoms with van der Waals surface area (Å²) in [5, 5.41) is 8.03. The number of nitrogens with zero attached hydrogens (tertiary/aromatic N) is 2. The van der Waals surface area contributed by atoms with Gasteiger partial charge < -0.3 is 35.2 Å². The third kappa shape index (κ3) is 10.4. The molecule has 14 nitrogen and oxygen atoms in total. The van der Waals surface area contributed by atoms with E-state index < -0.39 is 36.4 Å². The predicted molar refractivity (Wildman–Crippen MR) is 196 cm³/mol. The molecule has 0 spiro atoms. The number of rotatable bonds is 14. The van der Waals surface area contributed by atoms with E-state index in [1.54, 1.807) is 53.4 Å². The van der Waals surface area contributed by atoms with Crippen LogP contribution in [0.3, 0.4) is 0 Å². The van der Waals surface area contributed by atoms with Gasteiger partial charge in [0.2, 0.25) is 17.7 Å². The molecule has 2 aromatic carbocycles. The topological polar surface area (TPSA) is 181 Å². The van der Waals surface area contributed by atoms with Crippen LogP contribution in [0.5, 0.6) is 0 Å². The number of nitrogens with one attached hydrogen (secondary N) is 3. The molecular formula is C39H51N5O9. The van der Waals surface area contributed by atoms with Gasteiger partial charge in [-0.2, -0.15) is 0 Å². The Morgan fingerprint density at radius 2 is 1.11 bits per heavy atom. The van der Waals surface area contributed by atoms with Crippen molar-refractivity contribution >= 4 is 47.2 Å². The minimum atomic E-state index is -0.826. The summed E-state index contributed by atoms with van der Waals surface area (Å²) in [5.74, 6) is -1.61. The quantitative estimate of drug-likeness (QED) is 0.243. The smallest absolute Gasteiger partial charge is 0.407 e. The molecule has 2 heterocycles. The van der Waals surface area contributed by atoms with Crippen LogP contribution < -0.4 is 16.0 Å². The molecule has 2 aliphatic rings. The van der Waals surface area contributed by atoms with Crippen molar-refractivity contribution in [2.75, 3.05) is 32.6 Å². The van der Waals surface area contributed by atoms with Crippen LogP contribution in [0.2, 0.25) is 0 Å². The number of alkyl carbamates (subject to hydrolysis) is 2. The number of amides is 5. The fourth-order valence-corrected chi connectivity index (χ4v) is 6.77. The number of carbonyl (C=O) groups excluding carboxylic acids is 7. The number of ether oxygens (including phenoxy) is 2. The minimum Gasteiger partial charge on any atom is -0.453 e. The highest BCUT2D eigenvalue weighted by atomic mass is 16.5. The van der Waals surface area contributed by atoms with Crippen LogP contribution in [0.4, 0.5) is 15.3 Å². The van der Waals surface area contributed by atoms with Crippen molar-refractivity contribution in [3.8, 4) is 0 Å². The Morgan fingerprint density at radius 3 is 1.60 bits per heavy atom. The van der Waals surface area contributed by atoms with E-state index in [2.05, 4.69) is 25.4 Å². The first-order valence-electron chi connectivity index (χ1n) is 18.1. The van der Waals surface area contributed by atoms with Gasteiger partial charge in [-0.25, -0.2) is 9.59 Å². The first-order chi connectivity index (χ1) is 25.2. The Labute approximate surface area is 310 Å². The molecule has 14 heteroatoms. The first kappa shape index (κ1) is 40.5.